The van der Waals surface area contributed by atoms with Crippen LogP contribution >= 0.6 is 0 Å². The van der Waals surface area contributed by atoms with Crippen LogP contribution in [0.4, 0.5) is 0 Å². The molecule has 1 N–H and O–H groups in total. The van der Waals surface area contributed by atoms with Crippen LogP contribution in [0.2, 0.25) is 0 Å². The lowest BCUT2D eigenvalue weighted by molar-refractivity contribution is -0.104. The van der Waals surface area contributed by atoms with Gasteiger partial charge in [0.25, 0.3) is 0 Å². The van der Waals surface area contributed by atoms with Crippen molar-refractivity contribution in [1.82, 2.24) is 5.32 Å². The van der Waals surface area contributed by atoms with Gasteiger partial charge in [0.2, 0.25) is 0 Å². The van der Waals surface area contributed by atoms with Gasteiger partial charge in [0.05, 0.1) is 5.60 Å². The Labute approximate surface area is 127 Å². The van der Waals surface area contributed by atoms with Gasteiger partial charge in [-0.1, -0.05) is 47.0 Å². The van der Waals surface area contributed by atoms with E-state index in [0.717, 1.165) is 25.0 Å². The minimum Gasteiger partial charge on any atom is -0.374 e. The van der Waals surface area contributed by atoms with E-state index < -0.39 is 0 Å². The molecule has 0 aromatic heterocycles. The van der Waals surface area contributed by atoms with Crippen molar-refractivity contribution < 1.29 is 4.74 Å². The lowest BCUT2D eigenvalue weighted by atomic mass is 9.72. The van der Waals surface area contributed by atoms with Gasteiger partial charge in [-0.15, -0.1) is 0 Å². The van der Waals surface area contributed by atoms with E-state index in [-0.39, 0.29) is 5.60 Å². The Balaban J connectivity index is 2.83. The molecule has 0 radical (unpaired) electrons. The van der Waals surface area contributed by atoms with Crippen LogP contribution in [0, 0.1) is 11.8 Å². The molecule has 0 amide bonds. The molecule has 4 unspecified atom stereocenters. The monoisotopic (exact) mass is 283 g/mol. The lowest BCUT2D eigenvalue weighted by Crippen LogP contribution is -2.55. The van der Waals surface area contributed by atoms with Gasteiger partial charge >= 0.3 is 0 Å². The highest BCUT2D eigenvalue weighted by Gasteiger charge is 2.42. The Hall–Kier alpha value is -0.0800. The van der Waals surface area contributed by atoms with Crippen LogP contribution in [0.3, 0.4) is 0 Å². The third-order valence-corrected chi connectivity index (χ3v) is 5.03. The second-order valence-corrected chi connectivity index (χ2v) is 6.96. The molecule has 120 valence electrons. The fraction of sp³-hybridized carbons (Fsp3) is 1.00. The molecule has 0 heterocycles. The summed E-state index contributed by atoms with van der Waals surface area (Å²) in [7, 11) is 0. The average Bonchev–Trinajstić information content (AvgIpc) is 2.43. The van der Waals surface area contributed by atoms with Crippen molar-refractivity contribution in [1.29, 1.82) is 0 Å². The molecule has 1 fully saturated rings. The van der Waals surface area contributed by atoms with Gasteiger partial charge in [-0.25, -0.2) is 0 Å². The highest BCUT2D eigenvalue weighted by atomic mass is 16.5. The summed E-state index contributed by atoms with van der Waals surface area (Å²) in [5.74, 6) is 1.58. The quantitative estimate of drug-likeness (QED) is 0.658. The third kappa shape index (κ3) is 5.04. The topological polar surface area (TPSA) is 21.3 Å². The van der Waals surface area contributed by atoms with Crippen molar-refractivity contribution in [3.63, 3.8) is 0 Å². The van der Waals surface area contributed by atoms with Crippen molar-refractivity contribution in [2.24, 2.45) is 11.8 Å². The summed E-state index contributed by atoms with van der Waals surface area (Å²) in [6, 6.07) is 0.528. The summed E-state index contributed by atoms with van der Waals surface area (Å²) in [6.45, 7) is 13.4. The predicted molar refractivity (Wildman–Crippen MR) is 88.1 cm³/mol. The van der Waals surface area contributed by atoms with Gasteiger partial charge in [-0.2, -0.15) is 0 Å². The lowest BCUT2D eigenvalue weighted by Gasteiger charge is -2.46. The fourth-order valence-corrected chi connectivity index (χ4v) is 3.75. The molecular formula is C18H37NO. The number of ether oxygens (including phenoxy) is 1. The fourth-order valence-electron chi connectivity index (χ4n) is 3.75. The van der Waals surface area contributed by atoms with Crippen LogP contribution in [0.1, 0.15) is 79.6 Å². The first-order chi connectivity index (χ1) is 9.57. The molecule has 0 saturated heterocycles. The van der Waals surface area contributed by atoms with E-state index in [2.05, 4.69) is 39.9 Å². The summed E-state index contributed by atoms with van der Waals surface area (Å²) in [6.07, 6.45) is 8.90. The van der Waals surface area contributed by atoms with E-state index in [1.165, 1.54) is 44.9 Å². The Kier molecular flexibility index (Phi) is 8.13. The molecule has 20 heavy (non-hydrogen) atoms. The second-order valence-electron chi connectivity index (χ2n) is 6.96. The van der Waals surface area contributed by atoms with E-state index in [4.69, 9.17) is 4.74 Å². The van der Waals surface area contributed by atoms with Gasteiger partial charge < -0.3 is 10.1 Å². The van der Waals surface area contributed by atoms with E-state index >= 15 is 0 Å². The van der Waals surface area contributed by atoms with Crippen molar-refractivity contribution in [3.05, 3.63) is 0 Å². The van der Waals surface area contributed by atoms with E-state index in [1.54, 1.807) is 0 Å². The van der Waals surface area contributed by atoms with Crippen LogP contribution in [0.15, 0.2) is 0 Å². The summed E-state index contributed by atoms with van der Waals surface area (Å²) in [4.78, 5) is 0. The smallest absolute Gasteiger partial charge is 0.0837 e. The standard InChI is InChI=1S/C18H37NO/c1-6-12-19-17(13-15(4)7-2)18(20-8-3)11-9-10-16(5)14-18/h15-17,19H,6-14H2,1-5H3. The SMILES string of the molecule is CCCNC(CC(C)CC)C1(OCC)CCCC(C)C1. The molecular weight excluding hydrogens is 246 g/mol. The zero-order chi connectivity index (χ0) is 15.0. The predicted octanol–water partition coefficient (Wildman–Crippen LogP) is 4.78. The molecule has 1 aliphatic rings. The van der Waals surface area contributed by atoms with Crippen LogP contribution in [0.5, 0.6) is 0 Å². The van der Waals surface area contributed by atoms with Crippen LogP contribution in [-0.4, -0.2) is 24.8 Å². The van der Waals surface area contributed by atoms with Gasteiger partial charge in [0.1, 0.15) is 0 Å². The number of rotatable bonds is 9. The molecule has 2 heteroatoms. The zero-order valence-corrected chi connectivity index (χ0v) is 14.5. The Morgan fingerprint density at radius 3 is 2.60 bits per heavy atom. The summed E-state index contributed by atoms with van der Waals surface area (Å²) in [5.41, 5.74) is 0.0883. The van der Waals surface area contributed by atoms with Crippen molar-refractivity contribution in [2.75, 3.05) is 13.2 Å². The molecule has 0 aliphatic heterocycles. The van der Waals surface area contributed by atoms with E-state index in [1.807, 2.05) is 0 Å². The van der Waals surface area contributed by atoms with Crippen LogP contribution in [-0.2, 0) is 4.74 Å². The number of hydrogen-bond acceptors (Lipinski definition) is 2. The first-order valence-electron chi connectivity index (χ1n) is 8.95. The van der Waals surface area contributed by atoms with Gasteiger partial charge in [-0.3, -0.25) is 0 Å². The zero-order valence-electron chi connectivity index (χ0n) is 14.5. The Bertz CT molecular complexity index is 252. The Morgan fingerprint density at radius 1 is 1.30 bits per heavy atom. The number of nitrogens with one attached hydrogen (secondary N) is 1. The first-order valence-corrected chi connectivity index (χ1v) is 8.95. The summed E-state index contributed by atoms with van der Waals surface area (Å²) >= 11 is 0. The molecule has 1 rings (SSSR count). The molecule has 0 bridgehead atoms. The molecule has 1 saturated carbocycles. The second kappa shape index (κ2) is 9.04. The average molecular weight is 284 g/mol. The molecule has 4 atom stereocenters. The molecule has 1 aliphatic carbocycles. The third-order valence-electron chi connectivity index (χ3n) is 5.03. The maximum Gasteiger partial charge on any atom is 0.0837 e. The van der Waals surface area contributed by atoms with Crippen LogP contribution in [0.25, 0.3) is 0 Å². The first kappa shape index (κ1) is 18.0. The minimum atomic E-state index is 0.0883. The minimum absolute atomic E-state index is 0.0883. The van der Waals surface area contributed by atoms with Crippen LogP contribution < -0.4 is 5.32 Å². The van der Waals surface area contributed by atoms with Gasteiger partial charge in [-0.05, 0) is 51.0 Å². The maximum absolute atomic E-state index is 6.38. The molecule has 0 aromatic carbocycles. The normalized spacial score (nSPS) is 30.1. The van der Waals surface area contributed by atoms with E-state index in [9.17, 15) is 0 Å². The largest absolute Gasteiger partial charge is 0.374 e. The summed E-state index contributed by atoms with van der Waals surface area (Å²) < 4.78 is 6.38. The highest BCUT2D eigenvalue weighted by Crippen LogP contribution is 2.39. The van der Waals surface area contributed by atoms with Crippen molar-refractivity contribution in [3.8, 4) is 0 Å². The maximum atomic E-state index is 6.38. The highest BCUT2D eigenvalue weighted by molar-refractivity contribution is 4.97. The van der Waals surface area contributed by atoms with Gasteiger partial charge in [0.15, 0.2) is 0 Å². The molecule has 0 spiro atoms. The summed E-state index contributed by atoms with van der Waals surface area (Å²) in [5, 5.41) is 3.83. The van der Waals surface area contributed by atoms with Crippen molar-refractivity contribution >= 4 is 0 Å². The molecule has 2 nitrogen and oxygen atoms in total. The molecule has 0 aromatic rings. The Morgan fingerprint density at radius 2 is 2.05 bits per heavy atom. The van der Waals surface area contributed by atoms with E-state index in [0.29, 0.717) is 6.04 Å². The van der Waals surface area contributed by atoms with Crippen molar-refractivity contribution in [2.45, 2.75) is 91.2 Å². The van der Waals surface area contributed by atoms with Gasteiger partial charge in [0, 0.05) is 12.6 Å². The number of hydrogen-bond donors (Lipinski definition) is 1.